The lowest BCUT2D eigenvalue weighted by atomic mass is 9.89. The number of carbonyl (C=O) groups is 1. The number of aromatic nitrogens is 1. The van der Waals surface area contributed by atoms with E-state index in [1.165, 1.54) is 5.56 Å². The first-order chi connectivity index (χ1) is 18.4. The first kappa shape index (κ1) is 32.5. The van der Waals surface area contributed by atoms with E-state index in [0.29, 0.717) is 35.4 Å². The van der Waals surface area contributed by atoms with E-state index in [-0.39, 0.29) is 32.3 Å². The fourth-order valence-corrected chi connectivity index (χ4v) is 5.07. The van der Waals surface area contributed by atoms with Crippen molar-refractivity contribution in [1.29, 1.82) is 0 Å². The molecule has 0 saturated heterocycles. The monoisotopic (exact) mass is 556 g/mol. The van der Waals surface area contributed by atoms with Crippen LogP contribution in [0.15, 0.2) is 47.0 Å². The van der Waals surface area contributed by atoms with Crippen LogP contribution >= 0.6 is 11.6 Å². The SMILES string of the molecule is C.CCc1ccc(NC(=O)CC(CCCO)c2noc(-c3ccc(CC(C)C)cc3)c2C2CC2)c(Cl)c1.CO. The molecule has 3 aromatic rings. The maximum absolute atomic E-state index is 13.1. The normalized spacial score (nSPS) is 13.3. The number of halogens is 1. The van der Waals surface area contributed by atoms with Gasteiger partial charge in [-0.2, -0.15) is 0 Å². The summed E-state index contributed by atoms with van der Waals surface area (Å²) >= 11 is 6.40. The molecule has 4 rings (SSSR count). The van der Waals surface area contributed by atoms with Crippen LogP contribution in [-0.4, -0.2) is 35.0 Å². The topological polar surface area (TPSA) is 95.6 Å². The van der Waals surface area contributed by atoms with Crippen molar-refractivity contribution in [3.63, 3.8) is 0 Å². The van der Waals surface area contributed by atoms with Gasteiger partial charge in [0, 0.05) is 37.2 Å². The number of hydrogen-bond donors (Lipinski definition) is 3. The standard InChI is InChI=1S/C30H37ClN2O3.CH4O.CH4/c1-4-20-9-14-26(25(31)17-20)32-27(35)18-24(6-5-15-34)29-28(22-12-13-22)30(36-33-29)23-10-7-21(8-11-23)16-19(2)3;1-2;/h7-11,14,17,19,22,24,34H,4-6,12-13,15-16,18H2,1-3H3,(H,32,35);2H,1H3;1H4. The molecule has 0 spiro atoms. The van der Waals surface area contributed by atoms with Gasteiger partial charge in [0.1, 0.15) is 0 Å². The number of aliphatic hydroxyl groups is 2. The van der Waals surface area contributed by atoms with Crippen molar-refractivity contribution in [2.45, 2.75) is 85.0 Å². The smallest absolute Gasteiger partial charge is 0.225 e. The minimum Gasteiger partial charge on any atom is -0.400 e. The van der Waals surface area contributed by atoms with E-state index in [4.69, 9.17) is 21.2 Å². The van der Waals surface area contributed by atoms with Crippen LogP contribution < -0.4 is 5.32 Å². The van der Waals surface area contributed by atoms with Crippen molar-refractivity contribution in [1.82, 2.24) is 5.16 Å². The molecule has 1 unspecified atom stereocenters. The number of aryl methyl sites for hydroxylation is 1. The van der Waals surface area contributed by atoms with Gasteiger partial charge in [0.05, 0.1) is 16.4 Å². The highest BCUT2D eigenvalue weighted by molar-refractivity contribution is 6.33. The van der Waals surface area contributed by atoms with Crippen LogP contribution in [0.2, 0.25) is 5.02 Å². The van der Waals surface area contributed by atoms with Gasteiger partial charge in [0.25, 0.3) is 0 Å². The lowest BCUT2D eigenvalue weighted by Crippen LogP contribution is -2.17. The summed E-state index contributed by atoms with van der Waals surface area (Å²) < 4.78 is 5.94. The van der Waals surface area contributed by atoms with Gasteiger partial charge in [-0.05, 0) is 73.6 Å². The Bertz CT molecular complexity index is 1170. The number of nitrogens with zero attached hydrogens (tertiary/aromatic N) is 1. The molecule has 1 atom stereocenters. The van der Waals surface area contributed by atoms with E-state index >= 15 is 0 Å². The number of rotatable bonds is 12. The molecular weight excluding hydrogens is 512 g/mol. The molecule has 1 saturated carbocycles. The highest BCUT2D eigenvalue weighted by Crippen LogP contribution is 2.48. The Labute approximate surface area is 238 Å². The molecule has 6 nitrogen and oxygen atoms in total. The van der Waals surface area contributed by atoms with Gasteiger partial charge in [-0.15, -0.1) is 0 Å². The zero-order valence-corrected chi connectivity index (χ0v) is 23.7. The van der Waals surface area contributed by atoms with Crippen LogP contribution in [0.4, 0.5) is 5.69 Å². The van der Waals surface area contributed by atoms with Crippen molar-refractivity contribution in [2.75, 3.05) is 19.0 Å². The second-order valence-electron chi connectivity index (χ2n) is 10.4. The molecule has 0 bridgehead atoms. The number of hydrogen-bond acceptors (Lipinski definition) is 5. The molecule has 3 N–H and O–H groups in total. The molecule has 0 radical (unpaired) electrons. The number of carbonyl (C=O) groups excluding carboxylic acids is 1. The summed E-state index contributed by atoms with van der Waals surface area (Å²) in [5, 5.41) is 24.5. The largest absolute Gasteiger partial charge is 0.400 e. The second-order valence-corrected chi connectivity index (χ2v) is 10.8. The first-order valence-electron chi connectivity index (χ1n) is 13.6. The lowest BCUT2D eigenvalue weighted by molar-refractivity contribution is -0.116. The maximum atomic E-state index is 13.1. The maximum Gasteiger partial charge on any atom is 0.225 e. The molecule has 0 aliphatic heterocycles. The molecule has 39 heavy (non-hydrogen) atoms. The zero-order chi connectivity index (χ0) is 27.7. The predicted molar refractivity (Wildman–Crippen MR) is 160 cm³/mol. The molecule has 1 amide bonds. The molecule has 1 aliphatic carbocycles. The van der Waals surface area contributed by atoms with E-state index in [2.05, 4.69) is 55.5 Å². The van der Waals surface area contributed by atoms with Gasteiger partial charge in [-0.3, -0.25) is 4.79 Å². The molecule has 214 valence electrons. The molecule has 7 heteroatoms. The van der Waals surface area contributed by atoms with E-state index < -0.39 is 0 Å². The molecule has 1 fully saturated rings. The Balaban J connectivity index is 0.00000174. The third kappa shape index (κ3) is 8.92. The fraction of sp³-hybridized carbons (Fsp3) is 0.500. The lowest BCUT2D eigenvalue weighted by Gasteiger charge is -2.16. The van der Waals surface area contributed by atoms with E-state index in [1.54, 1.807) is 0 Å². The molecule has 1 aliphatic rings. The minimum atomic E-state index is -0.140. The van der Waals surface area contributed by atoms with Crippen molar-refractivity contribution in [3.8, 4) is 11.3 Å². The summed E-state index contributed by atoms with van der Waals surface area (Å²) in [4.78, 5) is 13.1. The Kier molecular flexibility index (Phi) is 13.2. The molecule has 2 aromatic carbocycles. The van der Waals surface area contributed by atoms with Crippen LogP contribution in [0.1, 0.15) is 94.5 Å². The van der Waals surface area contributed by atoms with Crippen molar-refractivity contribution >= 4 is 23.2 Å². The third-order valence-electron chi connectivity index (χ3n) is 6.85. The number of anilines is 1. The Morgan fingerprint density at radius 1 is 1.13 bits per heavy atom. The fourth-order valence-electron chi connectivity index (χ4n) is 4.82. The summed E-state index contributed by atoms with van der Waals surface area (Å²) in [5.41, 5.74) is 6.06. The average Bonchev–Trinajstić information content (AvgIpc) is 3.66. The number of amides is 1. The number of benzene rings is 2. The summed E-state index contributed by atoms with van der Waals surface area (Å²) in [5.74, 6) is 1.57. The van der Waals surface area contributed by atoms with Crippen molar-refractivity contribution in [3.05, 3.63) is 69.9 Å². The van der Waals surface area contributed by atoms with Gasteiger partial charge in [-0.1, -0.05) is 75.3 Å². The summed E-state index contributed by atoms with van der Waals surface area (Å²) in [6, 6.07) is 14.3. The van der Waals surface area contributed by atoms with Crippen LogP contribution in [0.5, 0.6) is 0 Å². The van der Waals surface area contributed by atoms with Crippen LogP contribution in [0, 0.1) is 5.92 Å². The van der Waals surface area contributed by atoms with Gasteiger partial charge < -0.3 is 20.1 Å². The van der Waals surface area contributed by atoms with Crippen molar-refractivity contribution < 1.29 is 19.5 Å². The Morgan fingerprint density at radius 3 is 2.36 bits per heavy atom. The highest BCUT2D eigenvalue weighted by Gasteiger charge is 2.36. The molecular formula is C32H45ClN2O4. The third-order valence-corrected chi connectivity index (χ3v) is 7.16. The second kappa shape index (κ2) is 15.8. The van der Waals surface area contributed by atoms with Gasteiger partial charge in [0.2, 0.25) is 5.91 Å². The van der Waals surface area contributed by atoms with E-state index in [1.807, 2.05) is 18.2 Å². The Hall–Kier alpha value is -2.67. The van der Waals surface area contributed by atoms with Gasteiger partial charge in [-0.25, -0.2) is 0 Å². The van der Waals surface area contributed by atoms with Gasteiger partial charge >= 0.3 is 0 Å². The number of aliphatic hydroxyl groups excluding tert-OH is 2. The average molecular weight is 557 g/mol. The van der Waals surface area contributed by atoms with Gasteiger partial charge in [0.15, 0.2) is 5.76 Å². The minimum absolute atomic E-state index is 0. The summed E-state index contributed by atoms with van der Waals surface area (Å²) in [7, 11) is 1.00. The van der Waals surface area contributed by atoms with E-state index in [9.17, 15) is 9.90 Å². The zero-order valence-electron chi connectivity index (χ0n) is 23.0. The van der Waals surface area contributed by atoms with Crippen LogP contribution in [0.25, 0.3) is 11.3 Å². The van der Waals surface area contributed by atoms with Crippen LogP contribution in [-0.2, 0) is 17.6 Å². The molecule has 1 heterocycles. The quantitative estimate of drug-likeness (QED) is 0.212. The predicted octanol–water partition coefficient (Wildman–Crippen LogP) is 7.76. The van der Waals surface area contributed by atoms with E-state index in [0.717, 1.165) is 60.9 Å². The van der Waals surface area contributed by atoms with Crippen molar-refractivity contribution in [2.24, 2.45) is 5.92 Å². The number of nitrogens with one attached hydrogen (secondary N) is 1. The van der Waals surface area contributed by atoms with Crippen LogP contribution in [0.3, 0.4) is 0 Å². The highest BCUT2D eigenvalue weighted by atomic mass is 35.5. The summed E-state index contributed by atoms with van der Waals surface area (Å²) in [6.07, 6.45) is 5.64. The molecule has 1 aromatic heterocycles. The Morgan fingerprint density at radius 2 is 1.79 bits per heavy atom. The first-order valence-corrected chi connectivity index (χ1v) is 14.0. The summed E-state index contributed by atoms with van der Waals surface area (Å²) in [6.45, 7) is 6.58.